The standard InChI is InChI=1S/C29H30O5/c1-4-33-28(29(31)32)19-22-5-15-27(16-6-22)34-18-17-20(2)23-7-11-25(12-8-23)26-13-9-24(10-14-26)21(3)30/h5-17,28H,4,18-19H2,1-3H3,(H,31,32)/b20-17+/t28-/m0/s1. The van der Waals surface area contributed by atoms with Gasteiger partial charge in [-0.25, -0.2) is 4.79 Å². The molecule has 0 unspecified atom stereocenters. The van der Waals surface area contributed by atoms with Gasteiger partial charge in [0.25, 0.3) is 0 Å². The van der Waals surface area contributed by atoms with Gasteiger partial charge in [0, 0.05) is 18.6 Å². The summed E-state index contributed by atoms with van der Waals surface area (Å²) in [6.07, 6.45) is 1.51. The fourth-order valence-electron chi connectivity index (χ4n) is 3.56. The van der Waals surface area contributed by atoms with Crippen LogP contribution >= 0.6 is 0 Å². The van der Waals surface area contributed by atoms with Crippen molar-refractivity contribution in [3.63, 3.8) is 0 Å². The van der Waals surface area contributed by atoms with Gasteiger partial charge < -0.3 is 14.6 Å². The molecule has 3 rings (SSSR count). The van der Waals surface area contributed by atoms with Crippen LogP contribution in [0.2, 0.25) is 0 Å². The van der Waals surface area contributed by atoms with Crippen LogP contribution in [-0.4, -0.2) is 36.2 Å². The molecule has 176 valence electrons. The van der Waals surface area contributed by atoms with Gasteiger partial charge in [0.1, 0.15) is 12.4 Å². The van der Waals surface area contributed by atoms with Crippen LogP contribution < -0.4 is 4.74 Å². The normalized spacial score (nSPS) is 12.3. The lowest BCUT2D eigenvalue weighted by molar-refractivity contribution is -0.149. The van der Waals surface area contributed by atoms with E-state index in [4.69, 9.17) is 9.47 Å². The lowest BCUT2D eigenvalue weighted by Gasteiger charge is -2.12. The predicted molar refractivity (Wildman–Crippen MR) is 134 cm³/mol. The number of rotatable bonds is 11. The van der Waals surface area contributed by atoms with E-state index in [-0.39, 0.29) is 5.78 Å². The number of aliphatic carboxylic acids is 1. The van der Waals surface area contributed by atoms with Crippen molar-refractivity contribution < 1.29 is 24.2 Å². The van der Waals surface area contributed by atoms with Crippen molar-refractivity contribution in [2.75, 3.05) is 13.2 Å². The average Bonchev–Trinajstić information content (AvgIpc) is 2.85. The molecule has 0 spiro atoms. The van der Waals surface area contributed by atoms with Gasteiger partial charge in [-0.05, 0) is 66.8 Å². The summed E-state index contributed by atoms with van der Waals surface area (Å²) in [5.41, 5.74) is 5.98. The number of ether oxygens (including phenoxy) is 2. The van der Waals surface area contributed by atoms with Gasteiger partial charge in [-0.3, -0.25) is 4.79 Å². The number of carboxylic acid groups (broad SMARTS) is 1. The molecule has 0 saturated heterocycles. The molecule has 0 aliphatic heterocycles. The maximum absolute atomic E-state index is 11.4. The second-order valence-corrected chi connectivity index (χ2v) is 8.04. The third kappa shape index (κ3) is 6.90. The van der Waals surface area contributed by atoms with E-state index in [0.29, 0.717) is 25.2 Å². The molecule has 1 atom stereocenters. The van der Waals surface area contributed by atoms with Crippen LogP contribution in [0.5, 0.6) is 5.75 Å². The Balaban J connectivity index is 1.55. The fraction of sp³-hybridized carbons (Fsp3) is 0.241. The van der Waals surface area contributed by atoms with E-state index >= 15 is 0 Å². The second-order valence-electron chi connectivity index (χ2n) is 8.04. The minimum Gasteiger partial charge on any atom is -0.490 e. The molecule has 3 aromatic carbocycles. The number of ketones is 1. The van der Waals surface area contributed by atoms with E-state index in [2.05, 4.69) is 24.3 Å². The zero-order valence-electron chi connectivity index (χ0n) is 19.8. The average molecular weight is 459 g/mol. The molecule has 34 heavy (non-hydrogen) atoms. The first-order valence-electron chi connectivity index (χ1n) is 11.3. The number of hydrogen-bond acceptors (Lipinski definition) is 4. The van der Waals surface area contributed by atoms with E-state index in [1.165, 1.54) is 0 Å². The third-order valence-corrected chi connectivity index (χ3v) is 5.59. The summed E-state index contributed by atoms with van der Waals surface area (Å²) in [6, 6.07) is 23.3. The molecule has 5 nitrogen and oxygen atoms in total. The molecule has 0 radical (unpaired) electrons. The number of benzene rings is 3. The Morgan fingerprint density at radius 1 is 0.853 bits per heavy atom. The minimum atomic E-state index is -0.957. The summed E-state index contributed by atoms with van der Waals surface area (Å²) >= 11 is 0. The van der Waals surface area contributed by atoms with Crippen LogP contribution in [0.25, 0.3) is 16.7 Å². The summed E-state index contributed by atoms with van der Waals surface area (Å²) in [6.45, 7) is 6.18. The highest BCUT2D eigenvalue weighted by Gasteiger charge is 2.17. The Morgan fingerprint density at radius 3 is 1.91 bits per heavy atom. The number of carbonyl (C=O) groups excluding carboxylic acids is 1. The Labute approximate surface area is 200 Å². The van der Waals surface area contributed by atoms with Crippen molar-refractivity contribution in [1.29, 1.82) is 0 Å². The molecule has 0 aromatic heterocycles. The maximum atomic E-state index is 11.4. The topological polar surface area (TPSA) is 72.8 Å². The first-order chi connectivity index (χ1) is 16.4. The highest BCUT2D eigenvalue weighted by atomic mass is 16.5. The molecular weight excluding hydrogens is 428 g/mol. The van der Waals surface area contributed by atoms with Crippen molar-refractivity contribution >= 4 is 17.3 Å². The number of allylic oxidation sites excluding steroid dienone is 1. The van der Waals surface area contributed by atoms with Crippen LogP contribution in [0.3, 0.4) is 0 Å². The van der Waals surface area contributed by atoms with E-state index in [9.17, 15) is 14.7 Å². The third-order valence-electron chi connectivity index (χ3n) is 5.59. The molecule has 1 N–H and O–H groups in total. The van der Waals surface area contributed by atoms with E-state index in [1.807, 2.05) is 61.5 Å². The largest absolute Gasteiger partial charge is 0.490 e. The summed E-state index contributed by atoms with van der Waals surface area (Å²) in [5, 5.41) is 9.22. The van der Waals surface area contributed by atoms with Gasteiger partial charge in [0.05, 0.1) is 0 Å². The lowest BCUT2D eigenvalue weighted by Crippen LogP contribution is -2.26. The molecule has 0 bridgehead atoms. The zero-order valence-corrected chi connectivity index (χ0v) is 19.8. The molecule has 0 heterocycles. The predicted octanol–water partition coefficient (Wildman–Crippen LogP) is 6.07. The zero-order chi connectivity index (χ0) is 24.5. The summed E-state index contributed by atoms with van der Waals surface area (Å²) in [7, 11) is 0. The minimum absolute atomic E-state index is 0.0641. The van der Waals surface area contributed by atoms with Crippen molar-refractivity contribution in [3.8, 4) is 16.9 Å². The summed E-state index contributed by atoms with van der Waals surface area (Å²) in [5.74, 6) is -0.170. The van der Waals surface area contributed by atoms with Crippen LogP contribution in [0, 0.1) is 0 Å². The second kappa shape index (κ2) is 12.0. The van der Waals surface area contributed by atoms with Crippen LogP contribution in [-0.2, 0) is 16.0 Å². The highest BCUT2D eigenvalue weighted by molar-refractivity contribution is 5.94. The number of carbonyl (C=O) groups is 2. The Morgan fingerprint density at radius 2 is 1.41 bits per heavy atom. The molecule has 0 saturated carbocycles. The van der Waals surface area contributed by atoms with Crippen LogP contribution in [0.1, 0.15) is 42.3 Å². The number of hydrogen-bond donors (Lipinski definition) is 1. The van der Waals surface area contributed by atoms with Gasteiger partial charge in [0.15, 0.2) is 11.9 Å². The first-order valence-corrected chi connectivity index (χ1v) is 11.3. The van der Waals surface area contributed by atoms with Crippen LogP contribution in [0.15, 0.2) is 78.9 Å². The SMILES string of the molecule is CCO[C@@H](Cc1ccc(OC/C=C(\C)c2ccc(-c3ccc(C(C)=O)cc3)cc2)cc1)C(=O)O. The molecule has 0 fully saturated rings. The van der Waals surface area contributed by atoms with E-state index < -0.39 is 12.1 Å². The summed E-state index contributed by atoms with van der Waals surface area (Å²) < 4.78 is 11.1. The van der Waals surface area contributed by atoms with Crippen molar-refractivity contribution in [3.05, 3.63) is 95.6 Å². The first kappa shape index (κ1) is 24.9. The van der Waals surface area contributed by atoms with Gasteiger partial charge in [-0.1, -0.05) is 60.7 Å². The molecule has 0 aliphatic carbocycles. The maximum Gasteiger partial charge on any atom is 0.333 e. The van der Waals surface area contributed by atoms with Crippen molar-refractivity contribution in [1.82, 2.24) is 0 Å². The van der Waals surface area contributed by atoms with Gasteiger partial charge in [0.2, 0.25) is 0 Å². The number of carboxylic acids is 1. The van der Waals surface area contributed by atoms with Crippen molar-refractivity contribution in [2.24, 2.45) is 0 Å². The monoisotopic (exact) mass is 458 g/mol. The Bertz CT molecular complexity index is 1130. The Hall–Kier alpha value is -3.70. The van der Waals surface area contributed by atoms with E-state index in [1.54, 1.807) is 13.8 Å². The molecule has 3 aromatic rings. The summed E-state index contributed by atoms with van der Waals surface area (Å²) in [4.78, 5) is 22.7. The molecule has 5 heteroatoms. The number of Topliss-reactive ketones (excluding diaryl/α,β-unsaturated/α-hetero) is 1. The molecular formula is C29H30O5. The van der Waals surface area contributed by atoms with Gasteiger partial charge in [-0.2, -0.15) is 0 Å². The quantitative estimate of drug-likeness (QED) is 0.353. The highest BCUT2D eigenvalue weighted by Crippen LogP contribution is 2.23. The van der Waals surface area contributed by atoms with Gasteiger partial charge >= 0.3 is 5.97 Å². The lowest BCUT2D eigenvalue weighted by atomic mass is 9.99. The smallest absolute Gasteiger partial charge is 0.333 e. The van der Waals surface area contributed by atoms with Crippen molar-refractivity contribution in [2.45, 2.75) is 33.3 Å². The molecule has 0 aliphatic rings. The fourth-order valence-corrected chi connectivity index (χ4v) is 3.56. The Kier molecular flexibility index (Phi) is 8.77. The van der Waals surface area contributed by atoms with E-state index in [0.717, 1.165) is 33.6 Å². The van der Waals surface area contributed by atoms with Gasteiger partial charge in [-0.15, -0.1) is 0 Å². The molecule has 0 amide bonds. The van der Waals surface area contributed by atoms with Crippen LogP contribution in [0.4, 0.5) is 0 Å².